The summed E-state index contributed by atoms with van der Waals surface area (Å²) in [6.45, 7) is 10.5. The Bertz CT molecular complexity index is 1650. The Balaban J connectivity index is 1.13. The Morgan fingerprint density at radius 2 is 1.59 bits per heavy atom. The summed E-state index contributed by atoms with van der Waals surface area (Å²) in [7, 11) is 3.17. The first-order valence-corrected chi connectivity index (χ1v) is 15.8. The van der Waals surface area contributed by atoms with Crippen molar-refractivity contribution < 1.29 is 19.1 Å². The summed E-state index contributed by atoms with van der Waals surface area (Å²) < 4.78 is 12.5. The van der Waals surface area contributed by atoms with Gasteiger partial charge in [0.1, 0.15) is 17.3 Å². The normalized spacial score (nSPS) is 14.1. The molecule has 5 rings (SSSR count). The number of methoxy groups -OCH3 is 2. The number of rotatable bonds is 10. The highest BCUT2D eigenvalue weighted by molar-refractivity contribution is 6.00. The molecule has 3 aromatic carbocycles. The maximum atomic E-state index is 13.0. The molecule has 1 aliphatic heterocycles. The maximum Gasteiger partial charge on any atom is 0.324 e. The van der Waals surface area contributed by atoms with Crippen molar-refractivity contribution in [2.45, 2.75) is 52.4 Å². The van der Waals surface area contributed by atoms with E-state index in [9.17, 15) is 9.59 Å². The molecule has 2 amide bonds. The molecule has 1 aromatic heterocycles. The van der Waals surface area contributed by atoms with Gasteiger partial charge < -0.3 is 14.8 Å². The maximum absolute atomic E-state index is 13.0. The molecule has 2 heterocycles. The van der Waals surface area contributed by atoms with Crippen LogP contribution in [0.1, 0.15) is 60.8 Å². The molecular formula is C37H45N5O4. The second-order valence-corrected chi connectivity index (χ2v) is 13.1. The first-order valence-electron chi connectivity index (χ1n) is 15.8. The molecule has 0 spiro atoms. The minimum atomic E-state index is -0.323. The number of nitrogens with one attached hydrogen (secondary N) is 2. The van der Waals surface area contributed by atoms with Crippen molar-refractivity contribution in [1.29, 1.82) is 0 Å². The van der Waals surface area contributed by atoms with Crippen LogP contribution in [0.5, 0.6) is 11.5 Å². The number of Topliss-reactive ketones (excluding diaryl/α,β-unsaturated/α-hetero) is 1. The predicted molar refractivity (Wildman–Crippen MR) is 183 cm³/mol. The van der Waals surface area contributed by atoms with Crippen molar-refractivity contribution in [3.8, 4) is 17.2 Å². The highest BCUT2D eigenvalue weighted by Gasteiger charge is 2.24. The molecule has 1 fully saturated rings. The van der Waals surface area contributed by atoms with Gasteiger partial charge in [0, 0.05) is 23.2 Å². The van der Waals surface area contributed by atoms with Crippen molar-refractivity contribution in [3.05, 3.63) is 95.2 Å². The molecular weight excluding hydrogens is 578 g/mol. The number of carbonyl (C=O) groups excluding carboxylic acids is 2. The number of hydrogen-bond acceptors (Lipinski definition) is 6. The highest BCUT2D eigenvalue weighted by Crippen LogP contribution is 2.28. The van der Waals surface area contributed by atoms with Gasteiger partial charge in [0.05, 0.1) is 37.7 Å². The van der Waals surface area contributed by atoms with E-state index in [1.54, 1.807) is 37.1 Å². The first kappa shape index (κ1) is 32.8. The first-order chi connectivity index (χ1) is 22.0. The fourth-order valence-electron chi connectivity index (χ4n) is 5.72. The number of hydrogen-bond donors (Lipinski definition) is 2. The highest BCUT2D eigenvalue weighted by atomic mass is 16.5. The van der Waals surface area contributed by atoms with E-state index in [0.717, 1.165) is 55.0 Å². The largest absolute Gasteiger partial charge is 0.497 e. The van der Waals surface area contributed by atoms with Gasteiger partial charge in [-0.2, -0.15) is 5.10 Å². The molecule has 1 saturated heterocycles. The van der Waals surface area contributed by atoms with Crippen LogP contribution in [0.15, 0.2) is 72.8 Å². The monoisotopic (exact) mass is 623 g/mol. The Morgan fingerprint density at radius 3 is 2.22 bits per heavy atom. The van der Waals surface area contributed by atoms with E-state index in [1.807, 2.05) is 49.4 Å². The van der Waals surface area contributed by atoms with Gasteiger partial charge in [0.2, 0.25) is 0 Å². The zero-order valence-electron chi connectivity index (χ0n) is 27.7. The second kappa shape index (κ2) is 14.2. The smallest absolute Gasteiger partial charge is 0.324 e. The minimum absolute atomic E-state index is 0.0549. The predicted octanol–water partition coefficient (Wildman–Crippen LogP) is 7.28. The standard InChI is InChI=1S/C37H45N5O4/c1-25-7-13-29(14-8-25)42-35(23-34(40-42)37(2,3)4)39-36(44)38-28-11-9-26(10-12-28)21-27-17-19-41(20-18-27)24-32(43)31-16-15-30(45-5)22-33(31)46-6/h7-16,22-23,27H,17-21,24H2,1-6H3,(H2,38,39,44). The summed E-state index contributed by atoms with van der Waals surface area (Å²) in [4.78, 5) is 28.3. The van der Waals surface area contributed by atoms with Gasteiger partial charge >= 0.3 is 6.03 Å². The Hall–Kier alpha value is -4.63. The fraction of sp³-hybridized carbons (Fsp3) is 0.378. The molecule has 0 aliphatic carbocycles. The molecule has 9 heteroatoms. The van der Waals surface area contributed by atoms with Crippen molar-refractivity contribution in [3.63, 3.8) is 0 Å². The number of amides is 2. The molecule has 46 heavy (non-hydrogen) atoms. The van der Waals surface area contributed by atoms with E-state index in [0.29, 0.717) is 35.3 Å². The van der Waals surface area contributed by atoms with Crippen molar-refractivity contribution in [2.75, 3.05) is 44.5 Å². The van der Waals surface area contributed by atoms with Crippen molar-refractivity contribution in [2.24, 2.45) is 5.92 Å². The third-order valence-corrected chi connectivity index (χ3v) is 8.52. The third-order valence-electron chi connectivity index (χ3n) is 8.52. The minimum Gasteiger partial charge on any atom is -0.497 e. The average molecular weight is 624 g/mol. The number of urea groups is 1. The van der Waals surface area contributed by atoms with Gasteiger partial charge in [-0.05, 0) is 87.2 Å². The number of ether oxygens (including phenoxy) is 2. The number of aryl methyl sites for hydroxylation is 1. The molecule has 0 saturated carbocycles. The number of likely N-dealkylation sites (tertiary alicyclic amines) is 1. The second-order valence-electron chi connectivity index (χ2n) is 13.1. The fourth-order valence-corrected chi connectivity index (χ4v) is 5.72. The summed E-state index contributed by atoms with van der Waals surface area (Å²) in [5.74, 6) is 2.41. The van der Waals surface area contributed by atoms with E-state index >= 15 is 0 Å². The van der Waals surface area contributed by atoms with Crippen molar-refractivity contribution >= 4 is 23.3 Å². The zero-order valence-corrected chi connectivity index (χ0v) is 27.7. The molecule has 0 atom stereocenters. The van der Waals surface area contributed by atoms with E-state index in [4.69, 9.17) is 14.6 Å². The van der Waals surface area contributed by atoms with Crippen LogP contribution < -0.4 is 20.1 Å². The lowest BCUT2D eigenvalue weighted by Crippen LogP contribution is -2.37. The summed E-state index contributed by atoms with van der Waals surface area (Å²) in [6.07, 6.45) is 3.02. The van der Waals surface area contributed by atoms with Gasteiger partial charge in [-0.3, -0.25) is 15.0 Å². The Morgan fingerprint density at radius 1 is 0.891 bits per heavy atom. The zero-order chi connectivity index (χ0) is 32.8. The van der Waals surface area contributed by atoms with Crippen LogP contribution >= 0.6 is 0 Å². The lowest BCUT2D eigenvalue weighted by atomic mass is 9.90. The Labute approximate surface area is 271 Å². The number of carbonyl (C=O) groups is 2. The molecule has 9 nitrogen and oxygen atoms in total. The topological polar surface area (TPSA) is 97.7 Å². The molecule has 242 valence electrons. The van der Waals surface area contributed by atoms with Crippen LogP contribution in [0.25, 0.3) is 5.69 Å². The molecule has 1 aliphatic rings. The van der Waals surface area contributed by atoms with Gasteiger partial charge in [-0.15, -0.1) is 0 Å². The lowest BCUT2D eigenvalue weighted by molar-refractivity contribution is 0.0892. The summed E-state index contributed by atoms with van der Waals surface area (Å²) in [6, 6.07) is 23.0. The van der Waals surface area contributed by atoms with E-state index in [-0.39, 0.29) is 17.2 Å². The molecule has 2 N–H and O–H groups in total. The lowest BCUT2D eigenvalue weighted by Gasteiger charge is -2.31. The van der Waals surface area contributed by atoms with Gasteiger partial charge in [-0.25, -0.2) is 9.48 Å². The van der Waals surface area contributed by atoms with Crippen molar-refractivity contribution in [1.82, 2.24) is 14.7 Å². The van der Waals surface area contributed by atoms with Crippen LogP contribution in [0, 0.1) is 12.8 Å². The van der Waals surface area contributed by atoms with E-state index < -0.39 is 0 Å². The van der Waals surface area contributed by atoms with Gasteiger partial charge in [0.15, 0.2) is 5.78 Å². The van der Waals surface area contributed by atoms with Crippen LogP contribution in [-0.4, -0.2) is 60.3 Å². The van der Waals surface area contributed by atoms with Gasteiger partial charge in [0.25, 0.3) is 0 Å². The number of benzene rings is 3. The van der Waals surface area contributed by atoms with Crippen LogP contribution in [0.2, 0.25) is 0 Å². The molecule has 0 bridgehead atoms. The molecule has 0 radical (unpaired) electrons. The molecule has 4 aromatic rings. The number of piperidine rings is 1. The van der Waals surface area contributed by atoms with Crippen LogP contribution in [0.3, 0.4) is 0 Å². The Kier molecular flexibility index (Phi) is 10.1. The third kappa shape index (κ3) is 8.14. The summed E-state index contributed by atoms with van der Waals surface area (Å²) >= 11 is 0. The quantitative estimate of drug-likeness (QED) is 0.180. The number of aromatic nitrogens is 2. The van der Waals surface area contributed by atoms with Crippen LogP contribution in [0.4, 0.5) is 16.3 Å². The van der Waals surface area contributed by atoms with Crippen LogP contribution in [-0.2, 0) is 11.8 Å². The summed E-state index contributed by atoms with van der Waals surface area (Å²) in [5.41, 5.74) is 5.30. The van der Waals surface area contributed by atoms with Gasteiger partial charge in [-0.1, -0.05) is 50.6 Å². The summed E-state index contributed by atoms with van der Waals surface area (Å²) in [5, 5.41) is 10.8. The molecule has 0 unspecified atom stereocenters. The number of ketones is 1. The number of anilines is 2. The van der Waals surface area contributed by atoms with E-state index in [1.165, 1.54) is 5.56 Å². The van der Waals surface area contributed by atoms with E-state index in [2.05, 4.69) is 48.4 Å². The SMILES string of the molecule is COc1ccc(C(=O)CN2CCC(Cc3ccc(NC(=O)Nc4cc(C(C)(C)C)nn4-c4ccc(C)cc4)cc3)CC2)c(OC)c1. The number of nitrogens with zero attached hydrogens (tertiary/aromatic N) is 3. The average Bonchev–Trinajstić information content (AvgIpc) is 3.47.